The fraction of sp³-hybridized carbons (Fsp3) is 0.400. The van der Waals surface area contributed by atoms with Crippen LogP contribution >= 0.6 is 0 Å². The summed E-state index contributed by atoms with van der Waals surface area (Å²) in [5.74, 6) is 0.708. The molecule has 0 bridgehead atoms. The number of hydrogen-bond acceptors (Lipinski definition) is 4. The van der Waals surface area contributed by atoms with Gasteiger partial charge < -0.3 is 10.2 Å². The Morgan fingerprint density at radius 1 is 1.55 bits per heavy atom. The zero-order valence-corrected chi connectivity index (χ0v) is 11.6. The molecule has 4 nitrogen and oxygen atoms in total. The zero-order chi connectivity index (χ0) is 14.1. The molecule has 5 heteroatoms. The number of hydrazine groups is 1. The molecule has 0 aliphatic carbocycles. The third-order valence-corrected chi connectivity index (χ3v) is 4.04. The SMILES string of the molecule is COc1ncc(F)cc1C(C)C1C=C2C=CNN2CC1. The zero-order valence-electron chi connectivity index (χ0n) is 11.6. The lowest BCUT2D eigenvalue weighted by Gasteiger charge is -2.32. The van der Waals surface area contributed by atoms with Crippen LogP contribution in [-0.4, -0.2) is 23.6 Å². The van der Waals surface area contributed by atoms with Gasteiger partial charge in [0.25, 0.3) is 0 Å². The highest BCUT2D eigenvalue weighted by molar-refractivity contribution is 5.33. The lowest BCUT2D eigenvalue weighted by Crippen LogP contribution is -2.34. The van der Waals surface area contributed by atoms with E-state index in [0.29, 0.717) is 11.8 Å². The number of halogens is 1. The molecule has 0 saturated carbocycles. The molecule has 0 saturated heterocycles. The fourth-order valence-corrected chi connectivity index (χ4v) is 2.86. The van der Waals surface area contributed by atoms with Gasteiger partial charge in [-0.3, -0.25) is 5.01 Å². The number of allylic oxidation sites excluding steroid dienone is 2. The van der Waals surface area contributed by atoms with Crippen LogP contribution in [-0.2, 0) is 0 Å². The summed E-state index contributed by atoms with van der Waals surface area (Å²) < 4.78 is 18.7. The first-order valence-electron chi connectivity index (χ1n) is 6.80. The highest BCUT2D eigenvalue weighted by atomic mass is 19.1. The van der Waals surface area contributed by atoms with Gasteiger partial charge in [0.1, 0.15) is 5.82 Å². The Morgan fingerprint density at radius 2 is 2.40 bits per heavy atom. The molecule has 3 rings (SSSR count). The van der Waals surface area contributed by atoms with Crippen molar-refractivity contribution in [2.24, 2.45) is 5.92 Å². The Kier molecular flexibility index (Phi) is 3.34. The summed E-state index contributed by atoms with van der Waals surface area (Å²) in [6, 6.07) is 1.53. The molecule has 106 valence electrons. The van der Waals surface area contributed by atoms with E-state index < -0.39 is 0 Å². The first-order chi connectivity index (χ1) is 9.69. The molecule has 2 atom stereocenters. The summed E-state index contributed by atoms with van der Waals surface area (Å²) in [4.78, 5) is 4.02. The van der Waals surface area contributed by atoms with Crippen molar-refractivity contribution in [1.29, 1.82) is 0 Å². The number of aromatic nitrogens is 1. The van der Waals surface area contributed by atoms with E-state index in [4.69, 9.17) is 4.74 Å². The van der Waals surface area contributed by atoms with Gasteiger partial charge in [0.15, 0.2) is 0 Å². The second-order valence-corrected chi connectivity index (χ2v) is 5.20. The highest BCUT2D eigenvalue weighted by Gasteiger charge is 2.27. The normalized spacial score (nSPS) is 22.1. The fourth-order valence-electron chi connectivity index (χ4n) is 2.86. The van der Waals surface area contributed by atoms with E-state index in [0.717, 1.165) is 18.5 Å². The van der Waals surface area contributed by atoms with Crippen molar-refractivity contribution in [3.05, 3.63) is 47.7 Å². The van der Waals surface area contributed by atoms with Crippen LogP contribution in [0.2, 0.25) is 0 Å². The standard InChI is InChI=1S/C15H18FN3O/c1-10(14-8-12(16)9-17-15(14)20-2)11-4-6-19-13(7-11)3-5-18-19/h3,5,7-11,18H,4,6H2,1-2H3. The third kappa shape index (κ3) is 2.24. The minimum atomic E-state index is -0.319. The van der Waals surface area contributed by atoms with Crippen LogP contribution in [0.25, 0.3) is 0 Å². The molecule has 1 aromatic heterocycles. The monoisotopic (exact) mass is 275 g/mol. The molecule has 0 spiro atoms. The largest absolute Gasteiger partial charge is 0.481 e. The van der Waals surface area contributed by atoms with Gasteiger partial charge in [0, 0.05) is 18.3 Å². The number of methoxy groups -OCH3 is 1. The molecular formula is C15H18FN3O. The predicted molar refractivity (Wildman–Crippen MR) is 74.3 cm³/mol. The van der Waals surface area contributed by atoms with Crippen molar-refractivity contribution < 1.29 is 9.13 Å². The van der Waals surface area contributed by atoms with Crippen LogP contribution in [0.15, 0.2) is 36.3 Å². The maximum atomic E-state index is 13.5. The number of nitrogens with one attached hydrogen (secondary N) is 1. The quantitative estimate of drug-likeness (QED) is 0.920. The van der Waals surface area contributed by atoms with Crippen molar-refractivity contribution in [2.75, 3.05) is 13.7 Å². The number of fused-ring (bicyclic) bond motifs is 1. The van der Waals surface area contributed by atoms with Gasteiger partial charge >= 0.3 is 0 Å². The lowest BCUT2D eigenvalue weighted by molar-refractivity contribution is 0.259. The van der Waals surface area contributed by atoms with E-state index >= 15 is 0 Å². The van der Waals surface area contributed by atoms with Gasteiger partial charge in [-0.15, -0.1) is 0 Å². The number of nitrogens with zero attached hydrogens (tertiary/aromatic N) is 2. The van der Waals surface area contributed by atoms with E-state index in [2.05, 4.69) is 34.5 Å². The summed E-state index contributed by atoms with van der Waals surface area (Å²) >= 11 is 0. The van der Waals surface area contributed by atoms with Gasteiger partial charge in [-0.2, -0.15) is 0 Å². The van der Waals surface area contributed by atoms with Crippen LogP contribution in [0.5, 0.6) is 5.88 Å². The third-order valence-electron chi connectivity index (χ3n) is 4.04. The summed E-state index contributed by atoms with van der Waals surface area (Å²) in [5, 5.41) is 2.12. The maximum Gasteiger partial charge on any atom is 0.216 e. The van der Waals surface area contributed by atoms with Crippen molar-refractivity contribution in [1.82, 2.24) is 15.4 Å². The molecule has 2 aliphatic rings. The van der Waals surface area contributed by atoms with E-state index in [-0.39, 0.29) is 11.7 Å². The van der Waals surface area contributed by atoms with Gasteiger partial charge in [-0.25, -0.2) is 9.37 Å². The van der Waals surface area contributed by atoms with E-state index in [9.17, 15) is 4.39 Å². The molecule has 0 aromatic carbocycles. The van der Waals surface area contributed by atoms with Crippen LogP contribution in [0, 0.1) is 11.7 Å². The molecule has 0 amide bonds. The van der Waals surface area contributed by atoms with E-state index in [1.54, 1.807) is 7.11 Å². The molecule has 3 heterocycles. The molecule has 1 N–H and O–H groups in total. The second kappa shape index (κ2) is 5.15. The molecule has 20 heavy (non-hydrogen) atoms. The Hall–Kier alpha value is -2.04. The first kappa shape index (κ1) is 13.0. The molecule has 0 fully saturated rings. The minimum absolute atomic E-state index is 0.164. The predicted octanol–water partition coefficient (Wildman–Crippen LogP) is 2.57. The van der Waals surface area contributed by atoms with Gasteiger partial charge in [0.2, 0.25) is 5.88 Å². The summed E-state index contributed by atoms with van der Waals surface area (Å²) in [5.41, 5.74) is 5.19. The Morgan fingerprint density at radius 3 is 3.20 bits per heavy atom. The van der Waals surface area contributed by atoms with Crippen LogP contribution in [0.1, 0.15) is 24.8 Å². The summed E-state index contributed by atoms with van der Waals surface area (Å²) in [6.07, 6.45) is 8.43. The molecule has 2 aliphatic heterocycles. The number of rotatable bonds is 3. The Labute approximate surface area is 117 Å². The second-order valence-electron chi connectivity index (χ2n) is 5.20. The molecular weight excluding hydrogens is 257 g/mol. The highest BCUT2D eigenvalue weighted by Crippen LogP contribution is 2.36. The average molecular weight is 275 g/mol. The molecule has 0 radical (unpaired) electrons. The maximum absolute atomic E-state index is 13.5. The smallest absolute Gasteiger partial charge is 0.216 e. The van der Waals surface area contributed by atoms with Crippen LogP contribution < -0.4 is 10.2 Å². The number of ether oxygens (including phenoxy) is 1. The number of pyridine rings is 1. The van der Waals surface area contributed by atoms with Crippen molar-refractivity contribution in [2.45, 2.75) is 19.3 Å². The van der Waals surface area contributed by atoms with Gasteiger partial charge in [-0.1, -0.05) is 13.0 Å². The van der Waals surface area contributed by atoms with Crippen LogP contribution in [0.3, 0.4) is 0 Å². The van der Waals surface area contributed by atoms with Gasteiger partial charge in [0.05, 0.1) is 19.0 Å². The first-order valence-corrected chi connectivity index (χ1v) is 6.80. The average Bonchev–Trinajstić information content (AvgIpc) is 2.93. The summed E-state index contributed by atoms with van der Waals surface area (Å²) in [7, 11) is 1.57. The number of hydrogen-bond donors (Lipinski definition) is 1. The summed E-state index contributed by atoms with van der Waals surface area (Å²) in [6.45, 7) is 3.04. The molecule has 1 aromatic rings. The Bertz CT molecular complexity index is 570. The van der Waals surface area contributed by atoms with Crippen LogP contribution in [0.4, 0.5) is 4.39 Å². The minimum Gasteiger partial charge on any atom is -0.481 e. The topological polar surface area (TPSA) is 37.4 Å². The van der Waals surface area contributed by atoms with Crippen molar-refractivity contribution in [3.63, 3.8) is 0 Å². The Balaban J connectivity index is 1.89. The van der Waals surface area contributed by atoms with Crippen molar-refractivity contribution in [3.8, 4) is 5.88 Å². The van der Waals surface area contributed by atoms with E-state index in [1.807, 2.05) is 6.20 Å². The lowest BCUT2D eigenvalue weighted by atomic mass is 9.83. The van der Waals surface area contributed by atoms with E-state index in [1.165, 1.54) is 18.0 Å². The van der Waals surface area contributed by atoms with Crippen molar-refractivity contribution >= 4 is 0 Å². The van der Waals surface area contributed by atoms with Gasteiger partial charge in [-0.05, 0) is 30.4 Å². The molecule has 2 unspecified atom stereocenters.